The highest BCUT2D eigenvalue weighted by Gasteiger charge is 2.33. The van der Waals surface area contributed by atoms with Crippen LogP contribution in [0, 0.1) is 12.8 Å². The van der Waals surface area contributed by atoms with Crippen LogP contribution in [0.4, 0.5) is 24.5 Å². The van der Waals surface area contributed by atoms with Gasteiger partial charge in [0, 0.05) is 30.4 Å². The third-order valence-corrected chi connectivity index (χ3v) is 5.27. The van der Waals surface area contributed by atoms with Gasteiger partial charge in [0.2, 0.25) is 5.91 Å². The van der Waals surface area contributed by atoms with Gasteiger partial charge in [0.25, 0.3) is 0 Å². The van der Waals surface area contributed by atoms with E-state index in [9.17, 15) is 18.0 Å². The summed E-state index contributed by atoms with van der Waals surface area (Å²) in [4.78, 5) is 16.2. The molecule has 4 nitrogen and oxygen atoms in total. The first-order valence-electron chi connectivity index (χ1n) is 9.27. The summed E-state index contributed by atoms with van der Waals surface area (Å²) in [6, 6.07) is 5.93. The first kappa shape index (κ1) is 19.0. The maximum atomic E-state index is 12.4. The van der Waals surface area contributed by atoms with Crippen molar-refractivity contribution in [1.29, 1.82) is 0 Å². The molecule has 1 amide bonds. The van der Waals surface area contributed by atoms with Gasteiger partial charge in [-0.1, -0.05) is 0 Å². The van der Waals surface area contributed by atoms with Gasteiger partial charge in [0.05, 0.1) is 6.54 Å². The number of halogens is 3. The van der Waals surface area contributed by atoms with Gasteiger partial charge in [0.1, 0.15) is 0 Å². The van der Waals surface area contributed by atoms with E-state index in [1.54, 1.807) is 0 Å². The predicted molar refractivity (Wildman–Crippen MR) is 96.5 cm³/mol. The summed E-state index contributed by atoms with van der Waals surface area (Å²) in [6.45, 7) is 3.92. The summed E-state index contributed by atoms with van der Waals surface area (Å²) >= 11 is 0. The van der Waals surface area contributed by atoms with Gasteiger partial charge in [0.15, 0.2) is 0 Å². The summed E-state index contributed by atoms with van der Waals surface area (Å²) < 4.78 is 37.3. The minimum atomic E-state index is -4.18. The second-order valence-electron chi connectivity index (χ2n) is 7.35. The number of alkyl halides is 3. The molecule has 0 unspecified atom stereocenters. The zero-order valence-electron chi connectivity index (χ0n) is 15.1. The maximum absolute atomic E-state index is 12.4. The Kier molecular flexibility index (Phi) is 5.75. The van der Waals surface area contributed by atoms with Crippen LogP contribution in [-0.2, 0) is 4.79 Å². The quantitative estimate of drug-likeness (QED) is 0.877. The zero-order valence-corrected chi connectivity index (χ0v) is 15.1. The molecule has 2 saturated heterocycles. The fourth-order valence-electron chi connectivity index (χ4n) is 3.90. The molecule has 2 fully saturated rings. The highest BCUT2D eigenvalue weighted by atomic mass is 19.4. The highest BCUT2D eigenvalue weighted by molar-refractivity contribution is 5.93. The number of amides is 1. The van der Waals surface area contributed by atoms with E-state index in [1.165, 1.54) is 23.4 Å². The summed E-state index contributed by atoms with van der Waals surface area (Å²) in [5, 5.41) is 2.94. The molecule has 2 heterocycles. The second-order valence-corrected chi connectivity index (χ2v) is 7.35. The van der Waals surface area contributed by atoms with Crippen LogP contribution in [0.25, 0.3) is 0 Å². The molecule has 0 bridgehead atoms. The zero-order chi connectivity index (χ0) is 18.7. The SMILES string of the molecule is Cc1cc(NC(=O)C2CCN(CC(F)(F)F)CC2)ccc1N1CCCC1. The Balaban J connectivity index is 1.53. The molecule has 2 aliphatic rings. The smallest absolute Gasteiger partial charge is 0.371 e. The Morgan fingerprint density at radius 2 is 1.81 bits per heavy atom. The van der Waals surface area contributed by atoms with Crippen LogP contribution in [0.3, 0.4) is 0 Å². The number of aryl methyl sites for hydroxylation is 1. The number of anilines is 2. The molecule has 3 rings (SSSR count). The van der Waals surface area contributed by atoms with Crippen molar-refractivity contribution in [2.75, 3.05) is 42.9 Å². The summed E-state index contributed by atoms with van der Waals surface area (Å²) in [5.41, 5.74) is 3.10. The van der Waals surface area contributed by atoms with E-state index in [2.05, 4.69) is 10.2 Å². The van der Waals surface area contributed by atoms with Crippen LogP contribution < -0.4 is 10.2 Å². The van der Waals surface area contributed by atoms with E-state index in [0.29, 0.717) is 25.9 Å². The van der Waals surface area contributed by atoms with Crippen molar-refractivity contribution in [3.63, 3.8) is 0 Å². The fraction of sp³-hybridized carbons (Fsp3) is 0.632. The molecule has 0 aliphatic carbocycles. The lowest BCUT2D eigenvalue weighted by Crippen LogP contribution is -2.42. The lowest BCUT2D eigenvalue weighted by atomic mass is 9.95. The maximum Gasteiger partial charge on any atom is 0.401 e. The summed E-state index contributed by atoms with van der Waals surface area (Å²) in [7, 11) is 0. The van der Waals surface area contributed by atoms with Crippen LogP contribution in [0.2, 0.25) is 0 Å². The first-order chi connectivity index (χ1) is 12.3. The Morgan fingerprint density at radius 3 is 2.38 bits per heavy atom. The standard InChI is InChI=1S/C19H26F3N3O/c1-14-12-16(4-5-17(14)25-8-2-3-9-25)23-18(26)15-6-10-24(11-7-15)13-19(20,21)22/h4-5,12,15H,2-3,6-11,13H2,1H3,(H,23,26). The van der Waals surface area contributed by atoms with Crippen LogP contribution in [0.15, 0.2) is 18.2 Å². The first-order valence-corrected chi connectivity index (χ1v) is 9.27. The molecule has 0 spiro atoms. The van der Waals surface area contributed by atoms with Crippen molar-refractivity contribution < 1.29 is 18.0 Å². The number of rotatable bonds is 4. The van der Waals surface area contributed by atoms with Gasteiger partial charge >= 0.3 is 6.18 Å². The number of nitrogens with one attached hydrogen (secondary N) is 1. The highest BCUT2D eigenvalue weighted by Crippen LogP contribution is 2.28. The average molecular weight is 369 g/mol. The molecule has 1 aromatic carbocycles. The van der Waals surface area contributed by atoms with Crippen molar-refractivity contribution in [3.8, 4) is 0 Å². The normalized spacial score (nSPS) is 19.8. The molecule has 0 atom stereocenters. The lowest BCUT2D eigenvalue weighted by Gasteiger charge is -2.31. The third kappa shape index (κ3) is 4.90. The predicted octanol–water partition coefficient (Wildman–Crippen LogP) is 3.81. The van der Waals surface area contributed by atoms with Crippen molar-refractivity contribution in [2.24, 2.45) is 5.92 Å². The molecule has 0 radical (unpaired) electrons. The molecular formula is C19H26F3N3O. The monoisotopic (exact) mass is 369 g/mol. The number of carbonyl (C=O) groups excluding carboxylic acids is 1. The van der Waals surface area contributed by atoms with E-state index < -0.39 is 12.7 Å². The van der Waals surface area contributed by atoms with Gasteiger partial charge in [-0.05, 0) is 69.5 Å². The Labute approximate surface area is 152 Å². The van der Waals surface area contributed by atoms with E-state index in [-0.39, 0.29) is 11.8 Å². The van der Waals surface area contributed by atoms with Gasteiger partial charge in [-0.25, -0.2) is 0 Å². The van der Waals surface area contributed by atoms with E-state index in [1.807, 2.05) is 25.1 Å². The Morgan fingerprint density at radius 1 is 1.15 bits per heavy atom. The molecule has 7 heteroatoms. The summed E-state index contributed by atoms with van der Waals surface area (Å²) in [6.07, 6.45) is -0.820. The molecule has 144 valence electrons. The van der Waals surface area contributed by atoms with Crippen LogP contribution in [0.5, 0.6) is 0 Å². The molecule has 1 N–H and O–H groups in total. The van der Waals surface area contributed by atoms with Crippen molar-refractivity contribution in [2.45, 2.75) is 38.8 Å². The van der Waals surface area contributed by atoms with Crippen LogP contribution >= 0.6 is 0 Å². The van der Waals surface area contributed by atoms with Gasteiger partial charge in [-0.3, -0.25) is 9.69 Å². The Bertz CT molecular complexity index is 633. The van der Waals surface area contributed by atoms with E-state index in [0.717, 1.165) is 24.3 Å². The second kappa shape index (κ2) is 7.86. The topological polar surface area (TPSA) is 35.6 Å². The van der Waals surface area contributed by atoms with E-state index in [4.69, 9.17) is 0 Å². The average Bonchev–Trinajstić information content (AvgIpc) is 3.08. The molecular weight excluding hydrogens is 343 g/mol. The molecule has 1 aromatic rings. The molecule has 2 aliphatic heterocycles. The molecule has 26 heavy (non-hydrogen) atoms. The van der Waals surface area contributed by atoms with Gasteiger partial charge < -0.3 is 10.2 Å². The number of nitrogens with zero attached hydrogens (tertiary/aromatic N) is 2. The van der Waals surface area contributed by atoms with Crippen LogP contribution in [0.1, 0.15) is 31.2 Å². The van der Waals surface area contributed by atoms with Crippen molar-refractivity contribution >= 4 is 17.3 Å². The fourth-order valence-corrected chi connectivity index (χ4v) is 3.90. The number of carbonyl (C=O) groups is 1. The van der Waals surface area contributed by atoms with Gasteiger partial charge in [-0.15, -0.1) is 0 Å². The molecule has 0 saturated carbocycles. The van der Waals surface area contributed by atoms with Crippen LogP contribution in [-0.4, -0.2) is 49.7 Å². The largest absolute Gasteiger partial charge is 0.401 e. The Hall–Kier alpha value is -1.76. The van der Waals surface area contributed by atoms with Gasteiger partial charge in [-0.2, -0.15) is 13.2 Å². The summed E-state index contributed by atoms with van der Waals surface area (Å²) in [5.74, 6) is -0.317. The lowest BCUT2D eigenvalue weighted by molar-refractivity contribution is -0.149. The number of hydrogen-bond donors (Lipinski definition) is 1. The number of piperidine rings is 1. The third-order valence-electron chi connectivity index (χ3n) is 5.27. The minimum Gasteiger partial charge on any atom is -0.371 e. The number of likely N-dealkylation sites (tertiary alicyclic amines) is 1. The van der Waals surface area contributed by atoms with E-state index >= 15 is 0 Å². The van der Waals surface area contributed by atoms with Crippen molar-refractivity contribution in [3.05, 3.63) is 23.8 Å². The van der Waals surface area contributed by atoms with Crippen molar-refractivity contribution in [1.82, 2.24) is 4.90 Å². The number of hydrogen-bond acceptors (Lipinski definition) is 3. The minimum absolute atomic E-state index is 0.0926. The molecule has 0 aromatic heterocycles. The number of benzene rings is 1.